The highest BCUT2D eigenvalue weighted by Gasteiger charge is 2.10. The second kappa shape index (κ2) is 7.28. The lowest BCUT2D eigenvalue weighted by molar-refractivity contribution is -0.115. The van der Waals surface area contributed by atoms with E-state index >= 15 is 0 Å². The Hall–Kier alpha value is -1.98. The van der Waals surface area contributed by atoms with Gasteiger partial charge in [0, 0.05) is 21.1 Å². The molecule has 1 amide bonds. The molecule has 0 spiro atoms. The number of thiazole rings is 1. The fraction of sp³-hybridized carbons (Fsp3) is 0.158. The summed E-state index contributed by atoms with van der Waals surface area (Å²) in [5, 5.41) is 5.80. The van der Waals surface area contributed by atoms with E-state index in [0.717, 1.165) is 26.4 Å². The number of nitrogens with zero attached hydrogens (tertiary/aromatic N) is 1. The Balaban J connectivity index is 1.68. The van der Waals surface area contributed by atoms with Crippen LogP contribution in [-0.4, -0.2) is 10.9 Å². The van der Waals surface area contributed by atoms with E-state index in [0.29, 0.717) is 0 Å². The van der Waals surface area contributed by atoms with Crippen LogP contribution in [0.5, 0.6) is 0 Å². The third-order valence-electron chi connectivity index (χ3n) is 3.76. The van der Waals surface area contributed by atoms with E-state index in [2.05, 4.69) is 33.2 Å². The van der Waals surface area contributed by atoms with Crippen molar-refractivity contribution in [3.8, 4) is 10.6 Å². The maximum atomic E-state index is 12.2. The van der Waals surface area contributed by atoms with Crippen molar-refractivity contribution in [1.82, 2.24) is 4.98 Å². The van der Waals surface area contributed by atoms with Gasteiger partial charge in [-0.1, -0.05) is 34.1 Å². The van der Waals surface area contributed by atoms with Gasteiger partial charge < -0.3 is 5.32 Å². The number of rotatable bonds is 4. The molecule has 3 nitrogen and oxygen atoms in total. The van der Waals surface area contributed by atoms with Crippen LogP contribution in [0, 0.1) is 13.8 Å². The van der Waals surface area contributed by atoms with Crippen LogP contribution < -0.4 is 5.32 Å². The second-order valence-electron chi connectivity index (χ2n) is 5.68. The Morgan fingerprint density at radius 2 is 2.00 bits per heavy atom. The highest BCUT2D eigenvalue weighted by atomic mass is 79.9. The van der Waals surface area contributed by atoms with Crippen molar-refractivity contribution < 1.29 is 4.79 Å². The lowest BCUT2D eigenvalue weighted by Crippen LogP contribution is -2.14. The lowest BCUT2D eigenvalue weighted by atomic mass is 10.1. The molecule has 0 bridgehead atoms. The SMILES string of the molecule is Cc1ccc(NC(=O)Cc2csc(-c3cccc(Br)c3)n2)cc1C. The van der Waals surface area contributed by atoms with Crippen LogP contribution in [0.1, 0.15) is 16.8 Å². The van der Waals surface area contributed by atoms with Gasteiger partial charge in [0.1, 0.15) is 5.01 Å². The number of anilines is 1. The summed E-state index contributed by atoms with van der Waals surface area (Å²) in [6.07, 6.45) is 0.275. The molecular weight excluding hydrogens is 384 g/mol. The van der Waals surface area contributed by atoms with Gasteiger partial charge in [-0.3, -0.25) is 4.79 Å². The Kier molecular flexibility index (Phi) is 5.11. The highest BCUT2D eigenvalue weighted by Crippen LogP contribution is 2.26. The molecule has 122 valence electrons. The first kappa shape index (κ1) is 16.9. The summed E-state index contributed by atoms with van der Waals surface area (Å²) in [6, 6.07) is 13.9. The van der Waals surface area contributed by atoms with Crippen LogP contribution >= 0.6 is 27.3 Å². The number of halogens is 1. The summed E-state index contributed by atoms with van der Waals surface area (Å²) in [6.45, 7) is 4.09. The van der Waals surface area contributed by atoms with Crippen molar-refractivity contribution in [2.75, 3.05) is 5.32 Å². The first-order chi connectivity index (χ1) is 11.5. The molecule has 0 unspecified atom stereocenters. The van der Waals surface area contributed by atoms with E-state index in [-0.39, 0.29) is 12.3 Å². The predicted octanol–water partition coefficient (Wildman–Crippen LogP) is 5.37. The molecule has 0 saturated carbocycles. The molecule has 1 heterocycles. The summed E-state index contributed by atoms with van der Waals surface area (Å²) in [5.41, 5.74) is 5.04. The first-order valence-electron chi connectivity index (χ1n) is 7.59. The van der Waals surface area contributed by atoms with Crippen molar-refractivity contribution in [1.29, 1.82) is 0 Å². The average Bonchev–Trinajstić information content (AvgIpc) is 2.99. The van der Waals surface area contributed by atoms with Crippen LogP contribution in [0.3, 0.4) is 0 Å². The highest BCUT2D eigenvalue weighted by molar-refractivity contribution is 9.10. The van der Waals surface area contributed by atoms with Crippen molar-refractivity contribution >= 4 is 38.9 Å². The van der Waals surface area contributed by atoms with Gasteiger partial charge in [-0.2, -0.15) is 0 Å². The fourth-order valence-electron chi connectivity index (χ4n) is 2.33. The Morgan fingerprint density at radius 1 is 1.17 bits per heavy atom. The Labute approximate surface area is 153 Å². The van der Waals surface area contributed by atoms with Gasteiger partial charge in [-0.15, -0.1) is 11.3 Å². The zero-order valence-electron chi connectivity index (χ0n) is 13.5. The molecule has 0 atom stereocenters. The van der Waals surface area contributed by atoms with Crippen molar-refractivity contribution in [3.63, 3.8) is 0 Å². The van der Waals surface area contributed by atoms with E-state index in [9.17, 15) is 4.79 Å². The number of nitrogens with one attached hydrogen (secondary N) is 1. The zero-order valence-corrected chi connectivity index (χ0v) is 15.9. The number of hydrogen-bond acceptors (Lipinski definition) is 3. The molecule has 3 aromatic rings. The molecule has 0 aliphatic rings. The molecular formula is C19H17BrN2OS. The number of carbonyl (C=O) groups excluding carboxylic acids is 1. The van der Waals surface area contributed by atoms with Gasteiger partial charge >= 0.3 is 0 Å². The summed E-state index contributed by atoms with van der Waals surface area (Å²) in [5.74, 6) is -0.0515. The normalized spacial score (nSPS) is 10.6. The topological polar surface area (TPSA) is 42.0 Å². The maximum Gasteiger partial charge on any atom is 0.230 e. The van der Waals surface area contributed by atoms with Crippen molar-refractivity contribution in [3.05, 3.63) is 69.1 Å². The van der Waals surface area contributed by atoms with Gasteiger partial charge in [-0.05, 0) is 49.2 Å². The molecule has 3 rings (SSSR count). The standard InChI is InChI=1S/C19H17BrN2OS/c1-12-6-7-16(8-13(12)2)21-18(23)10-17-11-24-19(22-17)14-4-3-5-15(20)9-14/h3-9,11H,10H2,1-2H3,(H,21,23). The predicted molar refractivity (Wildman–Crippen MR) is 103 cm³/mol. The number of aryl methyl sites for hydroxylation is 2. The number of carbonyl (C=O) groups is 1. The van der Waals surface area contributed by atoms with Crippen LogP contribution in [-0.2, 0) is 11.2 Å². The van der Waals surface area contributed by atoms with Gasteiger partial charge in [-0.25, -0.2) is 4.98 Å². The second-order valence-corrected chi connectivity index (χ2v) is 7.45. The van der Waals surface area contributed by atoms with Crippen LogP contribution in [0.4, 0.5) is 5.69 Å². The molecule has 2 aromatic carbocycles. The van der Waals surface area contributed by atoms with Crippen molar-refractivity contribution in [2.24, 2.45) is 0 Å². The van der Waals surface area contributed by atoms with Crippen molar-refractivity contribution in [2.45, 2.75) is 20.3 Å². The molecule has 0 saturated heterocycles. The average molecular weight is 401 g/mol. The van der Waals surface area contributed by atoms with Crippen LogP contribution in [0.2, 0.25) is 0 Å². The Morgan fingerprint density at radius 3 is 2.75 bits per heavy atom. The summed E-state index contributed by atoms with van der Waals surface area (Å²) < 4.78 is 1.02. The zero-order chi connectivity index (χ0) is 17.1. The number of benzene rings is 2. The number of aromatic nitrogens is 1. The summed E-state index contributed by atoms with van der Waals surface area (Å²) >= 11 is 5.02. The number of hydrogen-bond donors (Lipinski definition) is 1. The van der Waals surface area contributed by atoms with Gasteiger partial charge in [0.15, 0.2) is 0 Å². The van der Waals surface area contributed by atoms with E-state index in [1.54, 1.807) is 11.3 Å². The van der Waals surface area contributed by atoms with Crippen LogP contribution in [0.15, 0.2) is 52.3 Å². The maximum absolute atomic E-state index is 12.2. The minimum Gasteiger partial charge on any atom is -0.326 e. The van der Waals surface area contributed by atoms with E-state index in [1.807, 2.05) is 54.8 Å². The molecule has 24 heavy (non-hydrogen) atoms. The Bertz CT molecular complexity index is 889. The van der Waals surface area contributed by atoms with E-state index in [1.165, 1.54) is 11.1 Å². The smallest absolute Gasteiger partial charge is 0.230 e. The fourth-order valence-corrected chi connectivity index (χ4v) is 3.55. The van der Waals surface area contributed by atoms with Gasteiger partial charge in [0.2, 0.25) is 5.91 Å². The molecule has 0 radical (unpaired) electrons. The third kappa shape index (κ3) is 4.10. The van der Waals surface area contributed by atoms with Gasteiger partial charge in [0.25, 0.3) is 0 Å². The quantitative estimate of drug-likeness (QED) is 0.639. The summed E-state index contributed by atoms with van der Waals surface area (Å²) in [7, 11) is 0. The van der Waals surface area contributed by atoms with Crippen LogP contribution in [0.25, 0.3) is 10.6 Å². The minimum atomic E-state index is -0.0515. The molecule has 1 N–H and O–H groups in total. The summed E-state index contributed by atoms with van der Waals surface area (Å²) in [4.78, 5) is 16.8. The molecule has 0 fully saturated rings. The van der Waals surface area contributed by atoms with Gasteiger partial charge in [0.05, 0.1) is 12.1 Å². The molecule has 0 aliphatic heterocycles. The molecule has 0 aliphatic carbocycles. The van der Waals surface area contributed by atoms with E-state index in [4.69, 9.17) is 0 Å². The lowest BCUT2D eigenvalue weighted by Gasteiger charge is -2.06. The minimum absolute atomic E-state index is 0.0515. The molecule has 5 heteroatoms. The number of amides is 1. The third-order valence-corrected chi connectivity index (χ3v) is 5.19. The monoisotopic (exact) mass is 400 g/mol. The van der Waals surface area contributed by atoms with E-state index < -0.39 is 0 Å². The largest absolute Gasteiger partial charge is 0.326 e. The molecule has 1 aromatic heterocycles. The first-order valence-corrected chi connectivity index (χ1v) is 9.26.